The number of rotatable bonds is 6. The molecule has 5 heteroatoms. The molecule has 3 rings (SSSR count). The number of carbonyl (C=O) groups excluding carboxylic acids is 1. The van der Waals surface area contributed by atoms with Crippen molar-refractivity contribution in [2.24, 2.45) is 0 Å². The van der Waals surface area contributed by atoms with Gasteiger partial charge in [0.05, 0.1) is 15.2 Å². The van der Waals surface area contributed by atoms with Crippen LogP contribution < -0.4 is 10.1 Å². The Morgan fingerprint density at radius 2 is 2.09 bits per heavy atom. The third-order valence-corrected chi connectivity index (χ3v) is 4.45. The molecule has 1 N–H and O–H groups in total. The van der Waals surface area contributed by atoms with Gasteiger partial charge in [-0.1, -0.05) is 24.3 Å². The van der Waals surface area contributed by atoms with Crippen LogP contribution in [-0.4, -0.2) is 24.0 Å². The lowest BCUT2D eigenvalue weighted by molar-refractivity contribution is -0.123. The molecular formula is C18H18N2O2S. The smallest absolute Gasteiger partial charge is 0.257 e. The zero-order chi connectivity index (χ0) is 16.1. The van der Waals surface area contributed by atoms with Crippen LogP contribution in [0.25, 0.3) is 10.2 Å². The van der Waals surface area contributed by atoms with Crippen LogP contribution in [0.1, 0.15) is 10.6 Å². The van der Waals surface area contributed by atoms with E-state index in [-0.39, 0.29) is 12.5 Å². The molecule has 2 aromatic carbocycles. The number of hydrogen-bond acceptors (Lipinski definition) is 4. The van der Waals surface area contributed by atoms with Gasteiger partial charge in [0.15, 0.2) is 6.61 Å². The number of thiazole rings is 1. The number of carbonyl (C=O) groups is 1. The van der Waals surface area contributed by atoms with E-state index in [1.165, 1.54) is 4.70 Å². The second kappa shape index (κ2) is 7.24. The Balaban J connectivity index is 1.44. The van der Waals surface area contributed by atoms with Gasteiger partial charge in [0.1, 0.15) is 5.75 Å². The Labute approximate surface area is 139 Å². The number of aromatic nitrogens is 1. The number of hydrogen-bond donors (Lipinski definition) is 1. The molecule has 0 aliphatic heterocycles. The van der Waals surface area contributed by atoms with Crippen molar-refractivity contribution in [2.75, 3.05) is 13.2 Å². The van der Waals surface area contributed by atoms with Gasteiger partial charge in [-0.3, -0.25) is 4.79 Å². The highest BCUT2D eigenvalue weighted by Gasteiger charge is 2.05. The SMILES string of the molecule is Cc1cccc(OCC(=O)NCCc2nc3ccccc3s2)c1. The minimum absolute atomic E-state index is 0.0310. The number of para-hydroxylation sites is 1. The second-order valence-corrected chi connectivity index (χ2v) is 6.40. The van der Waals surface area contributed by atoms with Crippen LogP contribution in [0.5, 0.6) is 5.75 Å². The summed E-state index contributed by atoms with van der Waals surface area (Å²) in [6, 6.07) is 15.7. The monoisotopic (exact) mass is 326 g/mol. The molecule has 1 aromatic heterocycles. The van der Waals surface area contributed by atoms with Crippen molar-refractivity contribution in [3.05, 3.63) is 59.1 Å². The Hall–Kier alpha value is -2.40. The lowest BCUT2D eigenvalue weighted by Crippen LogP contribution is -2.30. The largest absolute Gasteiger partial charge is 0.484 e. The lowest BCUT2D eigenvalue weighted by Gasteiger charge is -2.07. The van der Waals surface area contributed by atoms with E-state index in [0.717, 1.165) is 22.5 Å². The van der Waals surface area contributed by atoms with Crippen molar-refractivity contribution in [3.63, 3.8) is 0 Å². The zero-order valence-corrected chi connectivity index (χ0v) is 13.7. The maximum absolute atomic E-state index is 11.8. The molecule has 0 saturated heterocycles. The average Bonchev–Trinajstić information content (AvgIpc) is 2.96. The predicted octanol–water partition coefficient (Wildman–Crippen LogP) is 3.34. The Morgan fingerprint density at radius 3 is 2.91 bits per heavy atom. The van der Waals surface area contributed by atoms with E-state index in [2.05, 4.69) is 16.4 Å². The lowest BCUT2D eigenvalue weighted by atomic mass is 10.2. The van der Waals surface area contributed by atoms with Crippen LogP contribution in [0.3, 0.4) is 0 Å². The standard InChI is InChI=1S/C18H18N2O2S/c1-13-5-4-6-14(11-13)22-12-17(21)19-10-9-18-20-15-7-2-3-8-16(15)23-18/h2-8,11H,9-10,12H2,1H3,(H,19,21). The highest BCUT2D eigenvalue weighted by molar-refractivity contribution is 7.18. The Bertz CT molecular complexity index is 780. The fourth-order valence-corrected chi connectivity index (χ4v) is 3.21. The maximum atomic E-state index is 11.8. The number of ether oxygens (including phenoxy) is 1. The van der Waals surface area contributed by atoms with Gasteiger partial charge in [-0.25, -0.2) is 4.98 Å². The van der Waals surface area contributed by atoms with Crippen LogP contribution in [0.4, 0.5) is 0 Å². The number of nitrogens with zero attached hydrogens (tertiary/aromatic N) is 1. The van der Waals surface area contributed by atoms with Crippen molar-refractivity contribution in [1.82, 2.24) is 10.3 Å². The zero-order valence-electron chi connectivity index (χ0n) is 12.9. The number of nitrogens with one attached hydrogen (secondary N) is 1. The number of amides is 1. The van der Waals surface area contributed by atoms with Gasteiger partial charge < -0.3 is 10.1 Å². The molecule has 1 heterocycles. The van der Waals surface area contributed by atoms with Gasteiger partial charge in [0.25, 0.3) is 5.91 Å². The van der Waals surface area contributed by atoms with Gasteiger partial charge in [-0.05, 0) is 36.8 Å². The van der Waals surface area contributed by atoms with E-state index < -0.39 is 0 Å². The summed E-state index contributed by atoms with van der Waals surface area (Å²) in [5.74, 6) is 0.596. The molecule has 3 aromatic rings. The highest BCUT2D eigenvalue weighted by atomic mass is 32.1. The molecule has 0 aliphatic rings. The summed E-state index contributed by atoms with van der Waals surface area (Å²) < 4.78 is 6.65. The summed E-state index contributed by atoms with van der Waals surface area (Å²) in [7, 11) is 0. The van der Waals surface area contributed by atoms with Crippen molar-refractivity contribution in [3.8, 4) is 5.75 Å². The molecule has 0 saturated carbocycles. The molecular weight excluding hydrogens is 308 g/mol. The van der Waals surface area contributed by atoms with Gasteiger partial charge in [-0.2, -0.15) is 0 Å². The van der Waals surface area contributed by atoms with Crippen molar-refractivity contribution in [2.45, 2.75) is 13.3 Å². The average molecular weight is 326 g/mol. The molecule has 0 bridgehead atoms. The molecule has 0 unspecified atom stereocenters. The molecule has 0 spiro atoms. The summed E-state index contributed by atoms with van der Waals surface area (Å²) in [5.41, 5.74) is 2.13. The van der Waals surface area contributed by atoms with Gasteiger partial charge in [-0.15, -0.1) is 11.3 Å². The normalized spacial score (nSPS) is 10.7. The van der Waals surface area contributed by atoms with Crippen molar-refractivity contribution < 1.29 is 9.53 Å². The second-order valence-electron chi connectivity index (χ2n) is 5.28. The van der Waals surface area contributed by atoms with E-state index in [4.69, 9.17) is 4.74 Å². The van der Waals surface area contributed by atoms with Gasteiger partial charge >= 0.3 is 0 Å². The van der Waals surface area contributed by atoms with E-state index in [0.29, 0.717) is 12.3 Å². The molecule has 118 valence electrons. The fourth-order valence-electron chi connectivity index (χ4n) is 2.24. The van der Waals surface area contributed by atoms with Gasteiger partial charge in [0, 0.05) is 13.0 Å². The first-order valence-corrected chi connectivity index (χ1v) is 8.33. The van der Waals surface area contributed by atoms with E-state index >= 15 is 0 Å². The molecule has 1 amide bonds. The number of aryl methyl sites for hydroxylation is 1. The van der Waals surface area contributed by atoms with E-state index in [9.17, 15) is 4.79 Å². The van der Waals surface area contributed by atoms with Crippen LogP contribution in [0.2, 0.25) is 0 Å². The highest BCUT2D eigenvalue weighted by Crippen LogP contribution is 2.21. The molecule has 4 nitrogen and oxygen atoms in total. The van der Waals surface area contributed by atoms with Gasteiger partial charge in [0.2, 0.25) is 0 Å². The van der Waals surface area contributed by atoms with E-state index in [1.54, 1.807) is 11.3 Å². The summed E-state index contributed by atoms with van der Waals surface area (Å²) in [6.45, 7) is 2.59. The molecule has 23 heavy (non-hydrogen) atoms. The third-order valence-electron chi connectivity index (χ3n) is 3.36. The minimum atomic E-state index is -0.118. The van der Waals surface area contributed by atoms with Crippen molar-refractivity contribution in [1.29, 1.82) is 0 Å². The quantitative estimate of drug-likeness (QED) is 0.756. The van der Waals surface area contributed by atoms with Crippen LogP contribution in [0, 0.1) is 6.92 Å². The topological polar surface area (TPSA) is 51.2 Å². The summed E-state index contributed by atoms with van der Waals surface area (Å²) >= 11 is 1.67. The first kappa shape index (κ1) is 15.5. The third kappa shape index (κ3) is 4.29. The minimum Gasteiger partial charge on any atom is -0.484 e. The predicted molar refractivity (Wildman–Crippen MR) is 93.0 cm³/mol. The van der Waals surface area contributed by atoms with Crippen LogP contribution in [0.15, 0.2) is 48.5 Å². The summed E-state index contributed by atoms with van der Waals surface area (Å²) in [5, 5.41) is 3.90. The van der Waals surface area contributed by atoms with Crippen LogP contribution in [-0.2, 0) is 11.2 Å². The number of fused-ring (bicyclic) bond motifs is 1. The molecule has 0 atom stereocenters. The summed E-state index contributed by atoms with van der Waals surface area (Å²) in [4.78, 5) is 16.4. The Morgan fingerprint density at radius 1 is 1.22 bits per heavy atom. The molecule has 0 aliphatic carbocycles. The fraction of sp³-hybridized carbons (Fsp3) is 0.222. The maximum Gasteiger partial charge on any atom is 0.257 e. The first-order chi connectivity index (χ1) is 11.2. The van der Waals surface area contributed by atoms with Crippen molar-refractivity contribution >= 4 is 27.5 Å². The molecule has 0 radical (unpaired) electrons. The summed E-state index contributed by atoms with van der Waals surface area (Å²) in [6.07, 6.45) is 0.732. The van der Waals surface area contributed by atoms with Crippen LogP contribution >= 0.6 is 11.3 Å². The molecule has 0 fully saturated rings. The van der Waals surface area contributed by atoms with E-state index in [1.807, 2.05) is 49.4 Å². The Kier molecular flexibility index (Phi) is 4.88. The first-order valence-electron chi connectivity index (χ1n) is 7.51. The number of benzene rings is 2.